The summed E-state index contributed by atoms with van der Waals surface area (Å²) in [7, 11) is 0. The fraction of sp³-hybridized carbons (Fsp3) is 0.550. The number of carbonyl (C=O) groups excluding carboxylic acids is 3. The van der Waals surface area contributed by atoms with Gasteiger partial charge in [0.25, 0.3) is 5.91 Å². The van der Waals surface area contributed by atoms with Gasteiger partial charge in [0.2, 0.25) is 5.91 Å². The first-order chi connectivity index (χ1) is 12.8. The van der Waals surface area contributed by atoms with Gasteiger partial charge in [0.1, 0.15) is 5.54 Å². The molecule has 2 aliphatic heterocycles. The third-order valence-electron chi connectivity index (χ3n) is 5.49. The SMILES string of the molecule is Cc1cc(CN2C(=O)C(C)(C)N[C@H]2O)c(C)cc1CN1C(=O)NC(C)(C)C1=O. The number of benzene rings is 1. The van der Waals surface area contributed by atoms with Crippen LogP contribution in [0.15, 0.2) is 12.1 Å². The van der Waals surface area contributed by atoms with E-state index in [1.165, 1.54) is 9.80 Å². The first kappa shape index (κ1) is 20.3. The molecule has 2 saturated heterocycles. The summed E-state index contributed by atoms with van der Waals surface area (Å²) >= 11 is 0. The molecule has 8 heteroatoms. The average molecular weight is 388 g/mol. The molecule has 2 aliphatic rings. The van der Waals surface area contributed by atoms with Crippen molar-refractivity contribution in [2.24, 2.45) is 0 Å². The molecule has 0 spiro atoms. The molecule has 8 nitrogen and oxygen atoms in total. The first-order valence-electron chi connectivity index (χ1n) is 9.33. The summed E-state index contributed by atoms with van der Waals surface area (Å²) in [6.07, 6.45) is -1.03. The van der Waals surface area contributed by atoms with Crippen molar-refractivity contribution < 1.29 is 19.5 Å². The number of nitrogens with one attached hydrogen (secondary N) is 2. The van der Waals surface area contributed by atoms with Crippen LogP contribution in [0.25, 0.3) is 0 Å². The highest BCUT2D eigenvalue weighted by molar-refractivity contribution is 6.06. The monoisotopic (exact) mass is 388 g/mol. The lowest BCUT2D eigenvalue weighted by atomic mass is 9.98. The Labute approximate surface area is 164 Å². The van der Waals surface area contributed by atoms with Gasteiger partial charge in [0.15, 0.2) is 6.35 Å². The number of aliphatic hydroxyl groups excluding tert-OH is 1. The largest absolute Gasteiger partial charge is 0.361 e. The van der Waals surface area contributed by atoms with Gasteiger partial charge in [0, 0.05) is 6.54 Å². The zero-order chi connectivity index (χ0) is 21.0. The Morgan fingerprint density at radius 2 is 1.46 bits per heavy atom. The van der Waals surface area contributed by atoms with Gasteiger partial charge in [-0.1, -0.05) is 12.1 Å². The minimum atomic E-state index is -1.03. The van der Waals surface area contributed by atoms with E-state index in [1.807, 2.05) is 26.0 Å². The molecular weight excluding hydrogens is 360 g/mol. The summed E-state index contributed by atoms with van der Waals surface area (Å²) in [5.41, 5.74) is 1.92. The number of amides is 4. The van der Waals surface area contributed by atoms with Crippen molar-refractivity contribution in [2.45, 2.75) is 72.1 Å². The van der Waals surface area contributed by atoms with Crippen LogP contribution >= 0.6 is 0 Å². The zero-order valence-corrected chi connectivity index (χ0v) is 17.2. The van der Waals surface area contributed by atoms with Crippen molar-refractivity contribution in [3.8, 4) is 0 Å². The number of hydrogen-bond donors (Lipinski definition) is 3. The van der Waals surface area contributed by atoms with Crippen molar-refractivity contribution >= 4 is 17.8 Å². The average Bonchev–Trinajstić information content (AvgIpc) is 2.88. The van der Waals surface area contributed by atoms with Crippen LogP contribution < -0.4 is 10.6 Å². The predicted octanol–water partition coefficient (Wildman–Crippen LogP) is 1.12. The second-order valence-corrected chi connectivity index (χ2v) is 8.73. The molecule has 4 amide bonds. The van der Waals surface area contributed by atoms with Crippen LogP contribution in [-0.2, 0) is 22.7 Å². The van der Waals surface area contributed by atoms with Crippen molar-refractivity contribution in [1.82, 2.24) is 20.4 Å². The fourth-order valence-corrected chi connectivity index (χ4v) is 3.68. The molecule has 0 aromatic heterocycles. The van der Waals surface area contributed by atoms with Gasteiger partial charge in [-0.05, 0) is 63.8 Å². The molecule has 1 aromatic carbocycles. The third kappa shape index (κ3) is 3.38. The van der Waals surface area contributed by atoms with Crippen molar-refractivity contribution in [3.63, 3.8) is 0 Å². The molecule has 152 valence electrons. The fourth-order valence-electron chi connectivity index (χ4n) is 3.68. The quantitative estimate of drug-likeness (QED) is 0.671. The van der Waals surface area contributed by atoms with Gasteiger partial charge in [-0.2, -0.15) is 0 Å². The molecule has 1 atom stereocenters. The van der Waals surface area contributed by atoms with Gasteiger partial charge >= 0.3 is 6.03 Å². The molecule has 2 fully saturated rings. The summed E-state index contributed by atoms with van der Waals surface area (Å²) in [5.74, 6) is -0.416. The van der Waals surface area contributed by atoms with Gasteiger partial charge < -0.3 is 10.4 Å². The zero-order valence-electron chi connectivity index (χ0n) is 17.2. The Morgan fingerprint density at radius 3 is 1.89 bits per heavy atom. The molecule has 0 unspecified atom stereocenters. The predicted molar refractivity (Wildman–Crippen MR) is 103 cm³/mol. The van der Waals surface area contributed by atoms with Crippen molar-refractivity contribution in [1.29, 1.82) is 0 Å². The maximum Gasteiger partial charge on any atom is 0.325 e. The van der Waals surface area contributed by atoms with E-state index < -0.39 is 23.5 Å². The van der Waals surface area contributed by atoms with Gasteiger partial charge in [-0.25, -0.2) is 4.79 Å². The molecule has 28 heavy (non-hydrogen) atoms. The molecular formula is C20H28N4O4. The molecule has 0 saturated carbocycles. The Bertz CT molecular complexity index is 862. The topological polar surface area (TPSA) is 102 Å². The highest BCUT2D eigenvalue weighted by Gasteiger charge is 2.45. The number of hydrogen-bond acceptors (Lipinski definition) is 5. The number of rotatable bonds is 4. The molecule has 0 aliphatic carbocycles. The van der Waals surface area contributed by atoms with E-state index in [0.29, 0.717) is 0 Å². The number of urea groups is 1. The van der Waals surface area contributed by atoms with Crippen LogP contribution in [0.3, 0.4) is 0 Å². The van der Waals surface area contributed by atoms with Gasteiger partial charge in [0.05, 0.1) is 12.1 Å². The van der Waals surface area contributed by atoms with E-state index in [1.54, 1.807) is 27.7 Å². The second kappa shape index (κ2) is 6.56. The minimum Gasteiger partial charge on any atom is -0.361 e. The van der Waals surface area contributed by atoms with E-state index in [9.17, 15) is 19.5 Å². The van der Waals surface area contributed by atoms with Crippen LogP contribution in [-0.4, -0.2) is 50.2 Å². The lowest BCUT2D eigenvalue weighted by Gasteiger charge is -2.23. The molecule has 0 bridgehead atoms. The number of imide groups is 1. The lowest BCUT2D eigenvalue weighted by Crippen LogP contribution is -2.41. The van der Waals surface area contributed by atoms with Crippen LogP contribution in [0.1, 0.15) is 49.9 Å². The number of nitrogens with zero attached hydrogens (tertiary/aromatic N) is 2. The second-order valence-electron chi connectivity index (χ2n) is 8.73. The number of carbonyl (C=O) groups is 3. The normalized spacial score (nSPS) is 23.5. The van der Waals surface area contributed by atoms with Gasteiger partial charge in [-0.15, -0.1) is 0 Å². The van der Waals surface area contributed by atoms with Crippen LogP contribution in [0.2, 0.25) is 0 Å². The molecule has 1 aromatic rings. The summed E-state index contributed by atoms with van der Waals surface area (Å²) < 4.78 is 0. The van der Waals surface area contributed by atoms with E-state index in [-0.39, 0.29) is 24.9 Å². The minimum absolute atomic E-state index is 0.164. The summed E-state index contributed by atoms with van der Waals surface area (Å²) in [6.45, 7) is 11.1. The van der Waals surface area contributed by atoms with Crippen molar-refractivity contribution in [2.75, 3.05) is 0 Å². The summed E-state index contributed by atoms with van der Waals surface area (Å²) in [4.78, 5) is 39.7. The molecule has 2 heterocycles. The summed E-state index contributed by atoms with van der Waals surface area (Å²) in [5, 5.41) is 15.7. The Balaban J connectivity index is 1.81. The van der Waals surface area contributed by atoms with Crippen LogP contribution in [0.5, 0.6) is 0 Å². The maximum absolute atomic E-state index is 12.5. The first-order valence-corrected chi connectivity index (χ1v) is 9.33. The lowest BCUT2D eigenvalue weighted by molar-refractivity contribution is -0.136. The Hall–Kier alpha value is -2.45. The standard InChI is InChI=1S/C20H28N4O4/c1-11-7-14(10-24-16(26)20(5,6)22-18(24)28)12(2)8-13(11)9-23-15(25)19(3,4)21-17(23)27/h7-8,17,21,27H,9-10H2,1-6H3,(H,22,28)/t17-/m1/s1. The maximum atomic E-state index is 12.5. The smallest absolute Gasteiger partial charge is 0.325 e. The summed E-state index contributed by atoms with van der Waals surface area (Å²) in [6, 6.07) is 3.48. The number of aliphatic hydroxyl groups is 1. The van der Waals surface area contributed by atoms with E-state index in [2.05, 4.69) is 10.6 Å². The van der Waals surface area contributed by atoms with E-state index >= 15 is 0 Å². The Morgan fingerprint density at radius 1 is 0.929 bits per heavy atom. The molecule has 3 rings (SSSR count). The molecule has 0 radical (unpaired) electrons. The highest BCUT2D eigenvalue weighted by Crippen LogP contribution is 2.26. The van der Waals surface area contributed by atoms with E-state index in [4.69, 9.17) is 0 Å². The number of aryl methyl sites for hydroxylation is 2. The Kier molecular flexibility index (Phi) is 4.75. The van der Waals surface area contributed by atoms with Crippen molar-refractivity contribution in [3.05, 3.63) is 34.4 Å². The third-order valence-corrected chi connectivity index (χ3v) is 5.49. The van der Waals surface area contributed by atoms with Gasteiger partial charge in [-0.3, -0.25) is 24.7 Å². The van der Waals surface area contributed by atoms with Crippen LogP contribution in [0, 0.1) is 13.8 Å². The van der Waals surface area contributed by atoms with E-state index in [0.717, 1.165) is 22.3 Å². The molecule has 3 N–H and O–H groups in total. The van der Waals surface area contributed by atoms with Crippen LogP contribution in [0.4, 0.5) is 4.79 Å². The highest BCUT2D eigenvalue weighted by atomic mass is 16.3.